The van der Waals surface area contributed by atoms with Crippen LogP contribution in [0.15, 0.2) is 45.7 Å². The third kappa shape index (κ3) is 5.13. The summed E-state index contributed by atoms with van der Waals surface area (Å²) >= 11 is 3.11. The molecule has 1 unspecified atom stereocenters. The molecule has 0 aliphatic heterocycles. The number of nitrogens with one attached hydrogen (secondary N) is 1. The van der Waals surface area contributed by atoms with Crippen LogP contribution in [0.4, 0.5) is 0 Å². The number of benzene rings is 1. The summed E-state index contributed by atoms with van der Waals surface area (Å²) in [6.45, 7) is 2.51. The summed E-state index contributed by atoms with van der Waals surface area (Å²) in [4.78, 5) is 23.4. The van der Waals surface area contributed by atoms with Gasteiger partial charge in [0.05, 0.1) is 18.1 Å². The van der Waals surface area contributed by atoms with Crippen molar-refractivity contribution < 1.29 is 23.8 Å². The molecule has 2 N–H and O–H groups in total. The number of ether oxygens (including phenoxy) is 1. The van der Waals surface area contributed by atoms with Crippen LogP contribution in [-0.4, -0.2) is 30.1 Å². The molecule has 0 saturated heterocycles. The maximum atomic E-state index is 12.0. The molecule has 0 spiro atoms. The number of aliphatic carboxylic acids is 1. The molecule has 1 amide bonds. The lowest BCUT2D eigenvalue weighted by Crippen LogP contribution is -2.33. The molecular weight excluding hydrogens is 378 g/mol. The van der Waals surface area contributed by atoms with E-state index in [0.29, 0.717) is 23.3 Å². The maximum Gasteiger partial charge on any atom is 0.308 e. The van der Waals surface area contributed by atoms with Gasteiger partial charge in [-0.1, -0.05) is 12.1 Å². The summed E-state index contributed by atoms with van der Waals surface area (Å²) in [6.07, 6.45) is 1.62. The summed E-state index contributed by atoms with van der Waals surface area (Å²) in [5, 5.41) is 12.0. The summed E-state index contributed by atoms with van der Waals surface area (Å²) in [5.41, 5.74) is 1.21. The van der Waals surface area contributed by atoms with Gasteiger partial charge in [0.25, 0.3) is 5.91 Å². The van der Waals surface area contributed by atoms with Crippen LogP contribution in [0.25, 0.3) is 0 Å². The van der Waals surface area contributed by atoms with Crippen molar-refractivity contribution in [2.75, 3.05) is 13.2 Å². The standard InChI is InChI=1S/C17H18BrNO5/c1-2-23-14-5-3-11(4-6-14)7-12(17(21)22)9-19-16(20)13-8-15(18)24-10-13/h3-6,8,10,12H,2,7,9H2,1H3,(H,19,20)(H,21,22). The second-order valence-corrected chi connectivity index (χ2v) is 5.95. The molecule has 6 nitrogen and oxygen atoms in total. The highest BCUT2D eigenvalue weighted by Crippen LogP contribution is 2.16. The van der Waals surface area contributed by atoms with Crippen LogP contribution in [0.1, 0.15) is 22.8 Å². The van der Waals surface area contributed by atoms with E-state index >= 15 is 0 Å². The van der Waals surface area contributed by atoms with Crippen LogP contribution >= 0.6 is 15.9 Å². The lowest BCUT2D eigenvalue weighted by atomic mass is 9.99. The van der Waals surface area contributed by atoms with Crippen molar-refractivity contribution in [2.45, 2.75) is 13.3 Å². The van der Waals surface area contributed by atoms with E-state index in [4.69, 9.17) is 9.15 Å². The highest BCUT2D eigenvalue weighted by Gasteiger charge is 2.20. The zero-order chi connectivity index (χ0) is 17.5. The molecule has 0 radical (unpaired) electrons. The Kier molecular flexibility index (Phi) is 6.43. The first-order valence-corrected chi connectivity index (χ1v) is 8.25. The van der Waals surface area contributed by atoms with Gasteiger partial charge in [0, 0.05) is 12.6 Å². The molecule has 24 heavy (non-hydrogen) atoms. The Labute approximate surface area is 147 Å². The van der Waals surface area contributed by atoms with E-state index in [1.165, 1.54) is 12.3 Å². The minimum atomic E-state index is -0.961. The van der Waals surface area contributed by atoms with Crippen molar-refractivity contribution in [3.63, 3.8) is 0 Å². The molecule has 0 saturated carbocycles. The van der Waals surface area contributed by atoms with Gasteiger partial charge in [-0.15, -0.1) is 0 Å². The predicted molar refractivity (Wildman–Crippen MR) is 91.2 cm³/mol. The molecule has 1 atom stereocenters. The molecular formula is C17H18BrNO5. The topological polar surface area (TPSA) is 88.8 Å². The Morgan fingerprint density at radius 2 is 2.04 bits per heavy atom. The largest absolute Gasteiger partial charge is 0.494 e. The number of amides is 1. The molecule has 0 aliphatic rings. The number of carbonyl (C=O) groups is 2. The fraction of sp³-hybridized carbons (Fsp3) is 0.294. The molecule has 2 aromatic rings. The van der Waals surface area contributed by atoms with Gasteiger partial charge in [0.15, 0.2) is 4.67 Å². The first-order valence-electron chi connectivity index (χ1n) is 7.46. The van der Waals surface area contributed by atoms with E-state index in [9.17, 15) is 14.7 Å². The number of furan rings is 1. The summed E-state index contributed by atoms with van der Waals surface area (Å²) < 4.78 is 10.8. The number of carbonyl (C=O) groups excluding carboxylic acids is 1. The molecule has 1 heterocycles. The first kappa shape index (κ1) is 18.1. The maximum absolute atomic E-state index is 12.0. The molecule has 1 aromatic heterocycles. The van der Waals surface area contributed by atoms with Crippen LogP contribution in [0.5, 0.6) is 5.75 Å². The van der Waals surface area contributed by atoms with Gasteiger partial charge in [-0.3, -0.25) is 9.59 Å². The fourth-order valence-corrected chi connectivity index (χ4v) is 2.51. The average Bonchev–Trinajstić information content (AvgIpc) is 2.99. The number of rotatable bonds is 8. The average molecular weight is 396 g/mol. The summed E-state index contributed by atoms with van der Waals surface area (Å²) in [5.74, 6) is -1.31. The van der Waals surface area contributed by atoms with E-state index in [2.05, 4.69) is 21.2 Å². The van der Waals surface area contributed by atoms with E-state index in [1.807, 2.05) is 19.1 Å². The zero-order valence-corrected chi connectivity index (χ0v) is 14.7. The van der Waals surface area contributed by atoms with Crippen molar-refractivity contribution in [3.8, 4) is 5.75 Å². The number of halogens is 1. The molecule has 0 aliphatic carbocycles. The Hall–Kier alpha value is -2.28. The van der Waals surface area contributed by atoms with Crippen LogP contribution in [0, 0.1) is 5.92 Å². The van der Waals surface area contributed by atoms with Crippen molar-refractivity contribution in [3.05, 3.63) is 52.4 Å². The lowest BCUT2D eigenvalue weighted by molar-refractivity contribution is -0.141. The molecule has 0 bridgehead atoms. The molecule has 0 fully saturated rings. The van der Waals surface area contributed by atoms with Crippen LogP contribution < -0.4 is 10.1 Å². The number of carboxylic acids is 1. The molecule has 2 rings (SSSR count). The van der Waals surface area contributed by atoms with Crippen molar-refractivity contribution in [2.24, 2.45) is 5.92 Å². The molecule has 7 heteroatoms. The smallest absolute Gasteiger partial charge is 0.308 e. The van der Waals surface area contributed by atoms with Crippen molar-refractivity contribution in [1.29, 1.82) is 0 Å². The second kappa shape index (κ2) is 8.54. The second-order valence-electron chi connectivity index (χ2n) is 5.17. The minimum absolute atomic E-state index is 0.0319. The first-order chi connectivity index (χ1) is 11.5. The van der Waals surface area contributed by atoms with Gasteiger partial charge in [0.1, 0.15) is 12.0 Å². The fourth-order valence-electron chi connectivity index (χ4n) is 2.17. The van der Waals surface area contributed by atoms with Crippen molar-refractivity contribution >= 4 is 27.8 Å². The van der Waals surface area contributed by atoms with Gasteiger partial charge >= 0.3 is 5.97 Å². The van der Waals surface area contributed by atoms with Gasteiger partial charge in [-0.05, 0) is 47.0 Å². The number of hydrogen-bond acceptors (Lipinski definition) is 4. The SMILES string of the molecule is CCOc1ccc(CC(CNC(=O)c2coc(Br)c2)C(=O)O)cc1. The Morgan fingerprint density at radius 3 is 2.58 bits per heavy atom. The van der Waals surface area contributed by atoms with Crippen LogP contribution in [-0.2, 0) is 11.2 Å². The van der Waals surface area contributed by atoms with E-state index in [0.717, 1.165) is 11.3 Å². The van der Waals surface area contributed by atoms with Crippen LogP contribution in [0.2, 0.25) is 0 Å². The summed E-state index contributed by atoms with van der Waals surface area (Å²) in [6, 6.07) is 8.79. The number of hydrogen-bond donors (Lipinski definition) is 2. The highest BCUT2D eigenvalue weighted by molar-refractivity contribution is 9.10. The Morgan fingerprint density at radius 1 is 1.33 bits per heavy atom. The Bertz CT molecular complexity index is 695. The number of carboxylic acid groups (broad SMARTS) is 1. The monoisotopic (exact) mass is 395 g/mol. The van der Waals surface area contributed by atoms with Crippen molar-refractivity contribution in [1.82, 2.24) is 5.32 Å². The van der Waals surface area contributed by atoms with Crippen LogP contribution in [0.3, 0.4) is 0 Å². The molecule has 128 valence electrons. The predicted octanol–water partition coefficient (Wildman–Crippen LogP) is 3.11. The third-order valence-corrected chi connectivity index (χ3v) is 3.82. The minimum Gasteiger partial charge on any atom is -0.494 e. The van der Waals surface area contributed by atoms with E-state index in [-0.39, 0.29) is 12.5 Å². The normalized spacial score (nSPS) is 11.8. The van der Waals surface area contributed by atoms with Gasteiger partial charge in [-0.25, -0.2) is 0 Å². The van der Waals surface area contributed by atoms with Gasteiger partial charge < -0.3 is 19.6 Å². The van der Waals surface area contributed by atoms with Gasteiger partial charge in [-0.2, -0.15) is 0 Å². The van der Waals surface area contributed by atoms with Gasteiger partial charge in [0.2, 0.25) is 0 Å². The zero-order valence-electron chi connectivity index (χ0n) is 13.1. The summed E-state index contributed by atoms with van der Waals surface area (Å²) in [7, 11) is 0. The highest BCUT2D eigenvalue weighted by atomic mass is 79.9. The quantitative estimate of drug-likeness (QED) is 0.716. The molecule has 1 aromatic carbocycles. The Balaban J connectivity index is 1.94. The third-order valence-electron chi connectivity index (χ3n) is 3.40. The van der Waals surface area contributed by atoms with E-state index < -0.39 is 11.9 Å². The lowest BCUT2D eigenvalue weighted by Gasteiger charge is -2.13. The van der Waals surface area contributed by atoms with E-state index in [1.54, 1.807) is 12.1 Å².